The van der Waals surface area contributed by atoms with Crippen LogP contribution < -0.4 is 4.31 Å². The predicted octanol–water partition coefficient (Wildman–Crippen LogP) is 3.89. The molecule has 0 saturated carbocycles. The summed E-state index contributed by atoms with van der Waals surface area (Å²) in [5.74, 6) is -1.85. The van der Waals surface area contributed by atoms with E-state index in [9.17, 15) is 32.6 Å². The highest BCUT2D eigenvalue weighted by molar-refractivity contribution is 7.92. The third kappa shape index (κ3) is 11.0. The molecule has 248 valence electrons. The summed E-state index contributed by atoms with van der Waals surface area (Å²) in [5.41, 5.74) is 2.13. The minimum atomic E-state index is -3.68. The molecular formula is C32H39FN4O8S. The smallest absolute Gasteiger partial charge is 0.339 e. The molecule has 2 heterocycles. The number of hydrogen-bond donors (Lipinski definition) is 2. The number of unbranched alkanes of at least 4 members (excludes halogenated alkanes) is 1. The summed E-state index contributed by atoms with van der Waals surface area (Å²) in [7, 11) is -2.35. The van der Waals surface area contributed by atoms with E-state index in [1.807, 2.05) is 13.8 Å². The molecule has 0 saturated heterocycles. The number of nitrogens with zero attached hydrogens (tertiary/aromatic N) is 4. The molecule has 12 nitrogen and oxygen atoms in total. The first-order chi connectivity index (χ1) is 21.8. The van der Waals surface area contributed by atoms with Crippen molar-refractivity contribution in [3.8, 4) is 11.3 Å². The number of aliphatic hydroxyl groups is 2. The average molecular weight is 659 g/mol. The summed E-state index contributed by atoms with van der Waals surface area (Å²) in [6.07, 6.45) is 5.00. The molecule has 2 atom stereocenters. The van der Waals surface area contributed by atoms with Crippen LogP contribution in [0.1, 0.15) is 67.1 Å². The van der Waals surface area contributed by atoms with E-state index in [4.69, 9.17) is 9.47 Å². The van der Waals surface area contributed by atoms with Gasteiger partial charge in [0, 0.05) is 37.0 Å². The van der Waals surface area contributed by atoms with Gasteiger partial charge in [-0.1, -0.05) is 26.0 Å². The normalized spacial score (nSPS) is 13.0. The average Bonchev–Trinajstić information content (AvgIpc) is 3.01. The lowest BCUT2D eigenvalue weighted by molar-refractivity contribution is -0.146. The van der Waals surface area contributed by atoms with Crippen LogP contribution in [-0.4, -0.2) is 84.2 Å². The van der Waals surface area contributed by atoms with E-state index < -0.39 is 40.0 Å². The number of pyridine rings is 1. The first-order valence-electron chi connectivity index (χ1n) is 14.6. The van der Waals surface area contributed by atoms with Crippen LogP contribution in [0.5, 0.6) is 0 Å². The molecule has 0 amide bonds. The first-order valence-corrected chi connectivity index (χ1v) is 16.5. The molecule has 0 fully saturated rings. The molecule has 0 aliphatic carbocycles. The molecule has 14 heteroatoms. The Hall–Kier alpha value is -4.27. The summed E-state index contributed by atoms with van der Waals surface area (Å²) in [5, 5.41) is 21.0. The fourth-order valence-corrected chi connectivity index (χ4v) is 4.60. The van der Waals surface area contributed by atoms with Crippen molar-refractivity contribution < 1.29 is 42.1 Å². The zero-order valence-corrected chi connectivity index (χ0v) is 27.0. The number of benzene rings is 1. The fourth-order valence-electron chi connectivity index (χ4n) is 4.22. The van der Waals surface area contributed by atoms with Gasteiger partial charge < -0.3 is 19.7 Å². The van der Waals surface area contributed by atoms with Crippen LogP contribution >= 0.6 is 0 Å². The largest absolute Gasteiger partial charge is 0.466 e. The summed E-state index contributed by atoms with van der Waals surface area (Å²) in [6, 6.07) is 8.74. The molecular weight excluding hydrogens is 619 g/mol. The molecule has 0 bridgehead atoms. The highest BCUT2D eigenvalue weighted by Crippen LogP contribution is 2.31. The zero-order chi connectivity index (χ0) is 33.9. The van der Waals surface area contributed by atoms with Crippen molar-refractivity contribution in [2.24, 2.45) is 0 Å². The van der Waals surface area contributed by atoms with Gasteiger partial charge in [-0.25, -0.2) is 31.9 Å². The number of carbonyl (C=O) groups excluding carboxylic acids is 2. The maximum atomic E-state index is 13.7. The SMILES string of the molecule is CC(C)c1nc(N(C)S(C)(=O)=O)nc(-c2ccc(F)cc2)c1/C=C/[C@@H](O)C[C@H](O)CC(=O)OCCCCOC(=O)c1cccnc1. The van der Waals surface area contributed by atoms with Crippen LogP contribution in [0.2, 0.25) is 0 Å². The molecule has 2 N–H and O–H groups in total. The van der Waals surface area contributed by atoms with Gasteiger partial charge in [0.05, 0.1) is 55.0 Å². The van der Waals surface area contributed by atoms with E-state index in [-0.39, 0.29) is 37.9 Å². The lowest BCUT2D eigenvalue weighted by Crippen LogP contribution is -2.27. The first kappa shape index (κ1) is 36.2. The Bertz CT molecular complexity index is 1600. The summed E-state index contributed by atoms with van der Waals surface area (Å²) in [4.78, 5) is 36.9. The van der Waals surface area contributed by atoms with Gasteiger partial charge in [0.15, 0.2) is 0 Å². The Kier molecular flexibility index (Phi) is 13.3. The van der Waals surface area contributed by atoms with Crippen LogP contribution in [-0.2, 0) is 24.3 Å². The molecule has 0 aliphatic rings. The van der Waals surface area contributed by atoms with Crippen molar-refractivity contribution in [2.75, 3.05) is 30.8 Å². The number of sulfonamides is 1. The number of carbonyl (C=O) groups is 2. The lowest BCUT2D eigenvalue weighted by Gasteiger charge is -2.20. The second-order valence-corrected chi connectivity index (χ2v) is 12.9. The number of aromatic nitrogens is 3. The zero-order valence-electron chi connectivity index (χ0n) is 26.2. The van der Waals surface area contributed by atoms with Crippen molar-refractivity contribution in [1.29, 1.82) is 0 Å². The van der Waals surface area contributed by atoms with Gasteiger partial charge in [-0.05, 0) is 55.2 Å². The highest BCUT2D eigenvalue weighted by atomic mass is 32.2. The summed E-state index contributed by atoms with van der Waals surface area (Å²) >= 11 is 0. The van der Waals surface area contributed by atoms with E-state index in [0.717, 1.165) is 10.6 Å². The lowest BCUT2D eigenvalue weighted by atomic mass is 9.97. The molecule has 0 spiro atoms. The molecule has 2 aromatic heterocycles. The molecule has 1 aromatic carbocycles. The Labute approximate surface area is 268 Å². The number of hydrogen-bond acceptors (Lipinski definition) is 11. The minimum Gasteiger partial charge on any atom is -0.466 e. The molecule has 3 aromatic rings. The third-order valence-electron chi connectivity index (χ3n) is 6.74. The van der Waals surface area contributed by atoms with Crippen LogP contribution in [0.4, 0.5) is 10.3 Å². The van der Waals surface area contributed by atoms with Crippen molar-refractivity contribution in [3.63, 3.8) is 0 Å². The van der Waals surface area contributed by atoms with Crippen molar-refractivity contribution in [2.45, 2.75) is 57.7 Å². The number of esters is 2. The van der Waals surface area contributed by atoms with Gasteiger partial charge in [-0.3, -0.25) is 9.78 Å². The van der Waals surface area contributed by atoms with Gasteiger partial charge in [-0.15, -0.1) is 0 Å². The molecule has 46 heavy (non-hydrogen) atoms. The monoisotopic (exact) mass is 658 g/mol. The van der Waals surface area contributed by atoms with Crippen LogP contribution in [0.3, 0.4) is 0 Å². The Morgan fingerprint density at radius 1 is 1.04 bits per heavy atom. The maximum absolute atomic E-state index is 13.7. The van der Waals surface area contributed by atoms with Gasteiger partial charge in [0.1, 0.15) is 5.82 Å². The second kappa shape index (κ2) is 16.9. The van der Waals surface area contributed by atoms with Gasteiger partial charge >= 0.3 is 11.9 Å². The van der Waals surface area contributed by atoms with Crippen molar-refractivity contribution >= 4 is 34.0 Å². The van der Waals surface area contributed by atoms with E-state index >= 15 is 0 Å². The standard InChI is InChI=1S/C32H39FN4O8S/c1-21(2)29-27(30(22-9-11-24(33)12-10-22)36-32(35-29)37(3)46(4,42)43)14-13-25(38)18-26(39)19-28(40)44-16-5-6-17-45-31(41)23-8-7-15-34-20-23/h7-15,20-21,25-26,38-39H,5-6,16-19H2,1-4H3/b14-13+/t25-,26+/m1/s1. The molecule has 0 radical (unpaired) electrons. The summed E-state index contributed by atoms with van der Waals surface area (Å²) in [6.45, 7) is 3.95. The highest BCUT2D eigenvalue weighted by Gasteiger charge is 2.23. The fraction of sp³-hybridized carbons (Fsp3) is 0.406. The van der Waals surface area contributed by atoms with E-state index in [1.54, 1.807) is 24.4 Å². The third-order valence-corrected chi connectivity index (χ3v) is 7.90. The Morgan fingerprint density at radius 3 is 2.33 bits per heavy atom. The quantitative estimate of drug-likeness (QED) is 0.169. The van der Waals surface area contributed by atoms with Crippen LogP contribution in [0.25, 0.3) is 17.3 Å². The number of ether oxygens (including phenoxy) is 2. The van der Waals surface area contributed by atoms with Gasteiger partial charge in [-0.2, -0.15) is 0 Å². The molecule has 0 unspecified atom stereocenters. The topological polar surface area (TPSA) is 169 Å². The van der Waals surface area contributed by atoms with E-state index in [1.165, 1.54) is 43.6 Å². The maximum Gasteiger partial charge on any atom is 0.339 e. The number of halogens is 1. The number of anilines is 1. The molecule has 0 aliphatic heterocycles. The van der Waals surface area contributed by atoms with Crippen LogP contribution in [0, 0.1) is 5.82 Å². The summed E-state index contributed by atoms with van der Waals surface area (Å²) < 4.78 is 49.4. The Morgan fingerprint density at radius 2 is 1.72 bits per heavy atom. The second-order valence-electron chi connectivity index (χ2n) is 10.9. The van der Waals surface area contributed by atoms with Crippen LogP contribution in [0.15, 0.2) is 54.9 Å². The minimum absolute atomic E-state index is 0.0668. The van der Waals surface area contributed by atoms with Gasteiger partial charge in [0.25, 0.3) is 0 Å². The number of rotatable bonds is 16. The number of aliphatic hydroxyl groups excluding tert-OH is 2. The Balaban J connectivity index is 1.60. The van der Waals surface area contributed by atoms with Crippen molar-refractivity contribution in [3.05, 3.63) is 77.5 Å². The van der Waals surface area contributed by atoms with E-state index in [0.29, 0.717) is 40.9 Å². The van der Waals surface area contributed by atoms with E-state index in [2.05, 4.69) is 15.0 Å². The van der Waals surface area contributed by atoms with Gasteiger partial charge in [0.2, 0.25) is 16.0 Å². The predicted molar refractivity (Wildman–Crippen MR) is 170 cm³/mol. The van der Waals surface area contributed by atoms with Crippen molar-refractivity contribution in [1.82, 2.24) is 15.0 Å². The molecule has 3 rings (SSSR count).